The molecule has 1 aliphatic heterocycles. The second kappa shape index (κ2) is 12.1. The van der Waals surface area contributed by atoms with E-state index in [4.69, 9.17) is 14.2 Å². The number of thioether (sulfide) groups is 1. The summed E-state index contributed by atoms with van der Waals surface area (Å²) in [4.78, 5) is 38.0. The molecule has 3 aromatic carbocycles. The average Bonchev–Trinajstić information content (AvgIpc) is 3.54. The van der Waals surface area contributed by atoms with Crippen LogP contribution in [0.25, 0.3) is 11.1 Å². The average molecular weight is 577 g/mol. The quantitative estimate of drug-likeness (QED) is 0.338. The van der Waals surface area contributed by atoms with Crippen molar-refractivity contribution in [1.82, 2.24) is 10.6 Å². The molecule has 0 radical (unpaired) electrons. The van der Waals surface area contributed by atoms with Crippen molar-refractivity contribution in [3.8, 4) is 22.6 Å². The van der Waals surface area contributed by atoms with Gasteiger partial charge >= 0.3 is 12.1 Å². The van der Waals surface area contributed by atoms with Crippen molar-refractivity contribution in [2.24, 2.45) is 5.92 Å². The van der Waals surface area contributed by atoms with Gasteiger partial charge in [-0.3, -0.25) is 9.59 Å². The third-order valence-electron chi connectivity index (χ3n) is 7.65. The summed E-state index contributed by atoms with van der Waals surface area (Å²) in [6, 6.07) is 19.8. The largest absolute Gasteiger partial charge is 0.497 e. The molecule has 2 amide bonds. The van der Waals surface area contributed by atoms with E-state index in [-0.39, 0.29) is 12.5 Å². The maximum Gasteiger partial charge on any atom is 0.407 e. The smallest absolute Gasteiger partial charge is 0.407 e. The lowest BCUT2D eigenvalue weighted by atomic mass is 9.92. The highest BCUT2D eigenvalue weighted by atomic mass is 32.2. The molecule has 10 heteroatoms. The summed E-state index contributed by atoms with van der Waals surface area (Å²) in [5, 5.41) is 15.0. The fraction of sp³-hybridized carbons (Fsp3) is 0.323. The van der Waals surface area contributed by atoms with Crippen LogP contribution in [0.2, 0.25) is 0 Å². The molecule has 4 atom stereocenters. The Hall–Kier alpha value is -4.18. The Morgan fingerprint density at radius 1 is 0.951 bits per heavy atom. The molecule has 214 valence electrons. The van der Waals surface area contributed by atoms with E-state index in [2.05, 4.69) is 22.8 Å². The predicted molar refractivity (Wildman–Crippen MR) is 155 cm³/mol. The minimum absolute atomic E-state index is 0.101. The van der Waals surface area contributed by atoms with Crippen LogP contribution in [0.4, 0.5) is 4.79 Å². The number of carbonyl (C=O) groups excluding carboxylic acids is 2. The highest BCUT2D eigenvalue weighted by molar-refractivity contribution is 7.99. The van der Waals surface area contributed by atoms with Gasteiger partial charge in [-0.25, -0.2) is 4.79 Å². The van der Waals surface area contributed by atoms with Gasteiger partial charge in [0.25, 0.3) is 0 Å². The number of fused-ring (bicyclic) bond motifs is 3. The number of amides is 2. The van der Waals surface area contributed by atoms with Gasteiger partial charge in [-0.1, -0.05) is 54.6 Å². The first-order chi connectivity index (χ1) is 19.8. The van der Waals surface area contributed by atoms with E-state index < -0.39 is 41.2 Å². The molecule has 2 aliphatic rings. The monoisotopic (exact) mass is 576 g/mol. The second-order valence-electron chi connectivity index (χ2n) is 10.0. The van der Waals surface area contributed by atoms with Crippen LogP contribution in [-0.4, -0.2) is 61.7 Å². The fourth-order valence-electron chi connectivity index (χ4n) is 5.59. The topological polar surface area (TPSA) is 123 Å². The lowest BCUT2D eigenvalue weighted by Gasteiger charge is -2.24. The highest BCUT2D eigenvalue weighted by Gasteiger charge is 2.45. The number of carbonyl (C=O) groups is 3. The number of benzene rings is 3. The van der Waals surface area contributed by atoms with Crippen LogP contribution in [0.5, 0.6) is 11.5 Å². The van der Waals surface area contributed by atoms with E-state index >= 15 is 0 Å². The molecular formula is C31H32N2O7S. The van der Waals surface area contributed by atoms with Gasteiger partial charge in [-0.2, -0.15) is 11.8 Å². The van der Waals surface area contributed by atoms with E-state index in [1.165, 1.54) is 18.9 Å². The number of nitrogens with one attached hydrogen (secondary N) is 2. The van der Waals surface area contributed by atoms with Crippen molar-refractivity contribution in [2.75, 3.05) is 26.6 Å². The fourth-order valence-corrected chi connectivity index (χ4v) is 7.18. The summed E-state index contributed by atoms with van der Waals surface area (Å²) in [5.41, 5.74) is 5.14. The number of carboxylic acid groups (broad SMARTS) is 1. The van der Waals surface area contributed by atoms with Gasteiger partial charge in [-0.15, -0.1) is 0 Å². The zero-order valence-electron chi connectivity index (χ0n) is 23.0. The Kier molecular flexibility index (Phi) is 8.39. The zero-order valence-corrected chi connectivity index (χ0v) is 23.8. The van der Waals surface area contributed by atoms with Crippen LogP contribution in [-0.2, 0) is 14.3 Å². The molecule has 1 heterocycles. The number of hydrogen-bond donors (Lipinski definition) is 3. The van der Waals surface area contributed by atoms with Crippen molar-refractivity contribution in [2.45, 2.75) is 30.2 Å². The maximum atomic E-state index is 13.0. The van der Waals surface area contributed by atoms with Crippen molar-refractivity contribution < 1.29 is 33.7 Å². The number of alkyl carbamates (subject to hydrolysis) is 1. The van der Waals surface area contributed by atoms with E-state index in [9.17, 15) is 19.5 Å². The first-order valence-electron chi connectivity index (χ1n) is 13.3. The molecule has 9 nitrogen and oxygen atoms in total. The second-order valence-corrected chi connectivity index (χ2v) is 11.2. The van der Waals surface area contributed by atoms with Crippen LogP contribution in [0.1, 0.15) is 34.8 Å². The SMILES string of the molecule is COc1ccc(C2SC[C@H](NC(=O)[C@H](C)NC(=O)OCC3c4ccccc4-c4ccccc43)C2C(=O)O)c(OC)c1. The number of aliphatic carboxylic acids is 1. The number of rotatable bonds is 9. The normalized spacial score (nSPS) is 19.9. The van der Waals surface area contributed by atoms with Gasteiger partial charge in [0.05, 0.1) is 26.2 Å². The molecule has 0 bridgehead atoms. The molecule has 1 fully saturated rings. The molecule has 0 spiro atoms. The van der Waals surface area contributed by atoms with Gasteiger partial charge in [0.15, 0.2) is 0 Å². The third-order valence-corrected chi connectivity index (χ3v) is 9.10. The first kappa shape index (κ1) is 28.4. The Bertz CT molecular complexity index is 1420. The molecule has 2 unspecified atom stereocenters. The summed E-state index contributed by atoms with van der Waals surface area (Å²) in [6.45, 7) is 1.67. The van der Waals surface area contributed by atoms with E-state index in [1.54, 1.807) is 32.2 Å². The molecule has 0 aromatic heterocycles. The molecule has 1 saturated heterocycles. The highest BCUT2D eigenvalue weighted by Crippen LogP contribution is 2.48. The van der Waals surface area contributed by atoms with Gasteiger partial charge in [0, 0.05) is 28.6 Å². The molecule has 41 heavy (non-hydrogen) atoms. The molecule has 3 aromatic rings. The Labute approximate surface area is 242 Å². The van der Waals surface area contributed by atoms with Gasteiger partial charge in [0.1, 0.15) is 24.1 Å². The molecule has 0 saturated carbocycles. The van der Waals surface area contributed by atoms with Crippen molar-refractivity contribution in [3.63, 3.8) is 0 Å². The van der Waals surface area contributed by atoms with Crippen molar-refractivity contribution >= 4 is 29.7 Å². The minimum atomic E-state index is -1.03. The Morgan fingerprint density at radius 2 is 1.61 bits per heavy atom. The van der Waals surface area contributed by atoms with E-state index in [1.807, 2.05) is 36.4 Å². The van der Waals surface area contributed by atoms with Gasteiger partial charge in [0.2, 0.25) is 5.91 Å². The number of hydrogen-bond acceptors (Lipinski definition) is 7. The predicted octanol–water partition coefficient (Wildman–Crippen LogP) is 4.60. The van der Waals surface area contributed by atoms with Crippen LogP contribution >= 0.6 is 11.8 Å². The zero-order chi connectivity index (χ0) is 29.1. The maximum absolute atomic E-state index is 13.0. The number of ether oxygens (including phenoxy) is 3. The third kappa shape index (κ3) is 5.69. The van der Waals surface area contributed by atoms with Gasteiger partial charge in [-0.05, 0) is 35.2 Å². The molecule has 5 rings (SSSR count). The minimum Gasteiger partial charge on any atom is -0.497 e. The van der Waals surface area contributed by atoms with Crippen molar-refractivity contribution in [3.05, 3.63) is 83.4 Å². The number of carboxylic acids is 1. The number of methoxy groups -OCH3 is 2. The molecule has 1 aliphatic carbocycles. The van der Waals surface area contributed by atoms with Crippen molar-refractivity contribution in [1.29, 1.82) is 0 Å². The summed E-state index contributed by atoms with van der Waals surface area (Å²) in [5.74, 6) is -1.01. The summed E-state index contributed by atoms with van der Waals surface area (Å²) < 4.78 is 16.3. The summed E-state index contributed by atoms with van der Waals surface area (Å²) in [7, 11) is 3.06. The van der Waals surface area contributed by atoms with Crippen LogP contribution in [0.15, 0.2) is 66.7 Å². The summed E-state index contributed by atoms with van der Waals surface area (Å²) >= 11 is 1.43. The molecule has 3 N–H and O–H groups in total. The Balaban J connectivity index is 1.19. The first-order valence-corrected chi connectivity index (χ1v) is 14.4. The lowest BCUT2D eigenvalue weighted by molar-refractivity contribution is -0.142. The molecular weight excluding hydrogens is 544 g/mol. The van der Waals surface area contributed by atoms with Crippen LogP contribution < -0.4 is 20.1 Å². The van der Waals surface area contributed by atoms with Crippen LogP contribution in [0, 0.1) is 5.92 Å². The summed E-state index contributed by atoms with van der Waals surface area (Å²) in [6.07, 6.45) is -0.717. The van der Waals surface area contributed by atoms with E-state index in [0.29, 0.717) is 22.8 Å². The van der Waals surface area contributed by atoms with Crippen LogP contribution in [0.3, 0.4) is 0 Å². The lowest BCUT2D eigenvalue weighted by Crippen LogP contribution is -2.51. The van der Waals surface area contributed by atoms with Gasteiger partial charge < -0.3 is 30.0 Å². The standard InChI is InChI=1S/C31H32N2O7S/c1-17(32-31(37)40-15-24-21-10-6-4-8-19(21)20-9-5-7-11-22(20)24)29(34)33-25-16-41-28(27(25)30(35)36)23-13-12-18(38-2)14-26(23)39-3/h4-14,17,24-25,27-28H,15-16H2,1-3H3,(H,32,37)(H,33,34)(H,35,36)/t17-,25-,27?,28?/m0/s1. The van der Waals surface area contributed by atoms with E-state index in [0.717, 1.165) is 22.3 Å². The Morgan fingerprint density at radius 3 is 2.22 bits per heavy atom.